The van der Waals surface area contributed by atoms with Crippen molar-refractivity contribution in [2.75, 3.05) is 5.73 Å². The lowest BCUT2D eigenvalue weighted by Gasteiger charge is -2.00. The monoisotopic (exact) mass is 474 g/mol. The van der Waals surface area contributed by atoms with E-state index >= 15 is 0 Å². The first-order chi connectivity index (χ1) is 12.5. The van der Waals surface area contributed by atoms with Crippen LogP contribution in [0, 0.1) is 10.1 Å². The molecule has 0 amide bonds. The predicted molar refractivity (Wildman–Crippen MR) is 110 cm³/mol. The van der Waals surface area contributed by atoms with Crippen LogP contribution in [-0.4, -0.2) is 14.9 Å². The minimum Gasteiger partial charge on any atom is -0.399 e. The highest BCUT2D eigenvalue weighted by molar-refractivity contribution is 9.11. The van der Waals surface area contributed by atoms with Crippen molar-refractivity contribution in [3.63, 3.8) is 0 Å². The summed E-state index contributed by atoms with van der Waals surface area (Å²) < 4.78 is 1.58. The summed E-state index contributed by atoms with van der Waals surface area (Å²) >= 11 is 6.65. The quantitative estimate of drug-likeness (QED) is 0.223. The van der Waals surface area contributed by atoms with Gasteiger partial charge in [0.15, 0.2) is 0 Å². The van der Waals surface area contributed by atoms with Gasteiger partial charge in [-0.1, -0.05) is 12.1 Å². The molecule has 0 atom stereocenters. The summed E-state index contributed by atoms with van der Waals surface area (Å²) in [6, 6.07) is 14.2. The molecule has 6 nitrogen and oxygen atoms in total. The largest absolute Gasteiger partial charge is 0.399 e. The normalized spacial score (nSPS) is 10.4. The molecule has 0 radical (unpaired) electrons. The fourth-order valence-electron chi connectivity index (χ4n) is 2.41. The number of anilines is 1. The van der Waals surface area contributed by atoms with Crippen LogP contribution in [0.15, 0.2) is 69.9 Å². The maximum absolute atomic E-state index is 10.6. The highest BCUT2D eigenvalue weighted by Crippen LogP contribution is 2.27. The van der Waals surface area contributed by atoms with E-state index in [1.165, 1.54) is 12.1 Å². The van der Waals surface area contributed by atoms with Gasteiger partial charge >= 0.3 is 0 Å². The van der Waals surface area contributed by atoms with Gasteiger partial charge in [-0.25, -0.2) is 0 Å². The van der Waals surface area contributed by atoms with Gasteiger partial charge in [-0.05, 0) is 56.1 Å². The van der Waals surface area contributed by atoms with E-state index in [9.17, 15) is 10.1 Å². The Hall–Kier alpha value is -2.58. The smallest absolute Gasteiger partial charge is 0.271 e. The number of benzene rings is 2. The topological polar surface area (TPSA) is 94.9 Å². The number of halogens is 2. The van der Waals surface area contributed by atoms with Crippen molar-refractivity contribution in [2.45, 2.75) is 0 Å². The lowest BCUT2D eigenvalue weighted by atomic mass is 10.2. The summed E-state index contributed by atoms with van der Waals surface area (Å²) in [5.74, 6) is 0. The minimum atomic E-state index is -0.419. The maximum atomic E-state index is 10.6. The number of fused-ring (bicyclic) bond motifs is 2. The van der Waals surface area contributed by atoms with Crippen molar-refractivity contribution in [1.29, 1.82) is 0 Å². The number of nitrogen functional groups attached to an aromatic ring is 1. The van der Waals surface area contributed by atoms with Crippen molar-refractivity contribution in [2.24, 2.45) is 0 Å². The summed E-state index contributed by atoms with van der Waals surface area (Å²) in [6.45, 7) is 0. The van der Waals surface area contributed by atoms with Crippen molar-refractivity contribution in [3.05, 3.63) is 80.0 Å². The SMILES string of the molecule is Nc1cc(Br)c2ncccc2c1.O=[N+]([O-])c1cc(Br)c2ncccc2c1. The van der Waals surface area contributed by atoms with E-state index in [0.717, 1.165) is 32.0 Å². The average molecular weight is 476 g/mol. The Morgan fingerprint density at radius 3 is 2.00 bits per heavy atom. The Morgan fingerprint density at radius 2 is 1.42 bits per heavy atom. The molecule has 0 spiro atoms. The van der Waals surface area contributed by atoms with Crippen LogP contribution in [0.3, 0.4) is 0 Å². The fourth-order valence-corrected chi connectivity index (χ4v) is 3.57. The van der Waals surface area contributed by atoms with Crippen LogP contribution in [0.25, 0.3) is 21.8 Å². The number of pyridine rings is 2. The van der Waals surface area contributed by atoms with Crippen molar-refractivity contribution < 1.29 is 4.92 Å². The molecule has 0 aliphatic carbocycles. The first-order valence-electron chi connectivity index (χ1n) is 7.44. The van der Waals surface area contributed by atoms with Gasteiger partial charge in [-0.3, -0.25) is 20.1 Å². The van der Waals surface area contributed by atoms with Gasteiger partial charge in [0.1, 0.15) is 0 Å². The molecular weight excluding hydrogens is 464 g/mol. The second-order valence-electron chi connectivity index (χ2n) is 5.34. The van der Waals surface area contributed by atoms with Crippen LogP contribution in [0.5, 0.6) is 0 Å². The number of hydrogen-bond acceptors (Lipinski definition) is 5. The maximum Gasteiger partial charge on any atom is 0.271 e. The van der Waals surface area contributed by atoms with Gasteiger partial charge in [0.2, 0.25) is 0 Å². The van der Waals surface area contributed by atoms with Gasteiger partial charge in [-0.2, -0.15) is 0 Å². The summed E-state index contributed by atoms with van der Waals surface area (Å²) in [5.41, 5.74) is 8.17. The van der Waals surface area contributed by atoms with Crippen LogP contribution in [0.2, 0.25) is 0 Å². The van der Waals surface area contributed by atoms with Gasteiger partial charge in [-0.15, -0.1) is 0 Å². The number of hydrogen-bond donors (Lipinski definition) is 1. The molecule has 0 fully saturated rings. The molecule has 4 aromatic rings. The molecule has 2 aromatic heterocycles. The average Bonchev–Trinajstić information content (AvgIpc) is 2.62. The second-order valence-corrected chi connectivity index (χ2v) is 7.05. The summed E-state index contributed by atoms with van der Waals surface area (Å²) in [5, 5.41) is 12.4. The van der Waals surface area contributed by atoms with Gasteiger partial charge in [0.05, 0.1) is 20.4 Å². The third-order valence-corrected chi connectivity index (χ3v) is 4.74. The zero-order chi connectivity index (χ0) is 18.7. The van der Waals surface area contributed by atoms with E-state index in [0.29, 0.717) is 4.47 Å². The molecule has 0 saturated heterocycles. The number of non-ortho nitro benzene ring substituents is 1. The molecule has 0 bridgehead atoms. The molecule has 0 aliphatic heterocycles. The number of nitrogens with two attached hydrogens (primary N) is 1. The first-order valence-corrected chi connectivity index (χ1v) is 9.03. The summed E-state index contributed by atoms with van der Waals surface area (Å²) in [4.78, 5) is 18.5. The molecule has 2 heterocycles. The molecular formula is C18H12Br2N4O2. The van der Waals surface area contributed by atoms with Crippen LogP contribution in [0.1, 0.15) is 0 Å². The van der Waals surface area contributed by atoms with Crippen LogP contribution in [0.4, 0.5) is 11.4 Å². The molecule has 2 N–H and O–H groups in total. The Labute approximate surface area is 165 Å². The molecule has 2 aromatic carbocycles. The standard InChI is InChI=1S/C9H5BrN2O2.C9H7BrN2/c10-8-5-7(12(13)14)4-6-2-1-3-11-9(6)8;10-8-5-7(11)4-6-2-1-3-12-9(6)8/h1-5H;1-5H,11H2. The highest BCUT2D eigenvalue weighted by Gasteiger charge is 2.09. The molecule has 26 heavy (non-hydrogen) atoms. The van der Waals surface area contributed by atoms with E-state index in [1.54, 1.807) is 24.5 Å². The lowest BCUT2D eigenvalue weighted by molar-refractivity contribution is -0.384. The number of nitro benzene ring substituents is 1. The molecule has 8 heteroatoms. The van der Waals surface area contributed by atoms with Gasteiger partial charge < -0.3 is 5.73 Å². The lowest BCUT2D eigenvalue weighted by Crippen LogP contribution is -1.89. The van der Waals surface area contributed by atoms with Crippen LogP contribution >= 0.6 is 31.9 Å². The minimum absolute atomic E-state index is 0.0670. The van der Waals surface area contributed by atoms with Gasteiger partial charge in [0.25, 0.3) is 5.69 Å². The Morgan fingerprint density at radius 1 is 0.885 bits per heavy atom. The Bertz CT molecular complexity index is 1120. The third-order valence-electron chi connectivity index (χ3n) is 3.53. The molecule has 0 saturated carbocycles. The first kappa shape index (κ1) is 18.2. The molecule has 4 rings (SSSR count). The summed E-state index contributed by atoms with van der Waals surface area (Å²) in [6.07, 6.45) is 3.42. The highest BCUT2D eigenvalue weighted by atomic mass is 79.9. The van der Waals surface area contributed by atoms with Crippen molar-refractivity contribution in [3.8, 4) is 0 Å². The second kappa shape index (κ2) is 7.76. The number of nitro groups is 1. The van der Waals surface area contributed by atoms with Crippen LogP contribution < -0.4 is 5.73 Å². The van der Waals surface area contributed by atoms with E-state index in [1.807, 2.05) is 24.3 Å². The van der Waals surface area contributed by atoms with Crippen molar-refractivity contribution in [1.82, 2.24) is 9.97 Å². The van der Waals surface area contributed by atoms with Crippen molar-refractivity contribution >= 4 is 65.0 Å². The van der Waals surface area contributed by atoms with E-state index in [-0.39, 0.29) is 5.69 Å². The number of rotatable bonds is 1. The van der Waals surface area contributed by atoms with Gasteiger partial charge in [0, 0.05) is 45.5 Å². The van der Waals surface area contributed by atoms with Crippen LogP contribution in [-0.2, 0) is 0 Å². The molecule has 0 unspecified atom stereocenters. The number of nitrogens with zero attached hydrogens (tertiary/aromatic N) is 3. The van der Waals surface area contributed by atoms with E-state index in [4.69, 9.17) is 5.73 Å². The number of aromatic nitrogens is 2. The zero-order valence-electron chi connectivity index (χ0n) is 13.3. The molecule has 130 valence electrons. The molecule has 0 aliphatic rings. The zero-order valence-corrected chi connectivity index (χ0v) is 16.4. The Balaban J connectivity index is 0.000000152. The van der Waals surface area contributed by atoms with E-state index < -0.39 is 4.92 Å². The fraction of sp³-hybridized carbons (Fsp3) is 0. The predicted octanol–water partition coefficient (Wildman–Crippen LogP) is 5.49. The Kier molecular flexibility index (Phi) is 5.43. The third kappa shape index (κ3) is 3.97. The van der Waals surface area contributed by atoms with E-state index in [2.05, 4.69) is 41.8 Å². The summed E-state index contributed by atoms with van der Waals surface area (Å²) in [7, 11) is 0.